The van der Waals surface area contributed by atoms with E-state index in [0.29, 0.717) is 0 Å². The fourth-order valence-electron chi connectivity index (χ4n) is 3.00. The van der Waals surface area contributed by atoms with E-state index < -0.39 is 0 Å². The second-order valence-electron chi connectivity index (χ2n) is 5.97. The standard InChI is InChI=1S/C20H17ClN4S/c1-13-11-15(14(2)25(13)18-9-5-3-7-16(18)21)12-22-24-20-23-17-8-4-6-10-19(17)26-20/h3-12H,1-2H3,(H,23,24). The number of aromatic nitrogens is 2. The van der Waals surface area contributed by atoms with Crippen LogP contribution >= 0.6 is 22.9 Å². The Bertz CT molecular complexity index is 1080. The Hall–Kier alpha value is -2.63. The highest BCUT2D eigenvalue weighted by Crippen LogP contribution is 2.27. The molecule has 0 fully saturated rings. The first kappa shape index (κ1) is 16.8. The third kappa shape index (κ3) is 3.11. The molecule has 0 unspecified atom stereocenters. The van der Waals surface area contributed by atoms with E-state index in [4.69, 9.17) is 11.6 Å². The summed E-state index contributed by atoms with van der Waals surface area (Å²) in [6, 6.07) is 18.0. The van der Waals surface area contributed by atoms with Gasteiger partial charge in [-0.1, -0.05) is 47.2 Å². The molecule has 0 saturated heterocycles. The maximum Gasteiger partial charge on any atom is 0.204 e. The summed E-state index contributed by atoms with van der Waals surface area (Å²) in [5.74, 6) is 0. The summed E-state index contributed by atoms with van der Waals surface area (Å²) in [7, 11) is 0. The number of anilines is 1. The fraction of sp³-hybridized carbons (Fsp3) is 0.100. The topological polar surface area (TPSA) is 42.2 Å². The molecule has 2 aromatic carbocycles. The molecule has 130 valence electrons. The maximum absolute atomic E-state index is 6.36. The van der Waals surface area contributed by atoms with Gasteiger partial charge in [0.25, 0.3) is 0 Å². The lowest BCUT2D eigenvalue weighted by Gasteiger charge is -2.11. The lowest BCUT2D eigenvalue weighted by atomic mass is 10.2. The molecule has 0 saturated carbocycles. The van der Waals surface area contributed by atoms with Gasteiger partial charge in [0, 0.05) is 17.0 Å². The number of para-hydroxylation sites is 2. The predicted octanol–water partition coefficient (Wildman–Crippen LogP) is 5.80. The third-order valence-corrected chi connectivity index (χ3v) is 5.48. The number of halogens is 1. The van der Waals surface area contributed by atoms with Crippen molar-refractivity contribution in [1.29, 1.82) is 0 Å². The van der Waals surface area contributed by atoms with Crippen LogP contribution in [0.3, 0.4) is 0 Å². The average Bonchev–Trinajstić information content (AvgIpc) is 3.16. The lowest BCUT2D eigenvalue weighted by molar-refractivity contribution is 0.965. The summed E-state index contributed by atoms with van der Waals surface area (Å²) in [4.78, 5) is 4.52. The van der Waals surface area contributed by atoms with Gasteiger partial charge in [-0.25, -0.2) is 4.98 Å². The van der Waals surface area contributed by atoms with Crippen molar-refractivity contribution in [2.45, 2.75) is 13.8 Å². The minimum Gasteiger partial charge on any atom is -0.316 e. The second kappa shape index (κ2) is 6.94. The van der Waals surface area contributed by atoms with E-state index in [0.717, 1.165) is 43.0 Å². The number of benzene rings is 2. The lowest BCUT2D eigenvalue weighted by Crippen LogP contribution is -2.00. The van der Waals surface area contributed by atoms with Gasteiger partial charge in [-0.15, -0.1) is 0 Å². The maximum atomic E-state index is 6.36. The SMILES string of the molecule is Cc1cc(C=NNc2nc3ccccc3s2)c(C)n1-c1ccccc1Cl. The van der Waals surface area contributed by atoms with Crippen LogP contribution in [0.15, 0.2) is 59.7 Å². The molecule has 0 aliphatic heterocycles. The number of fused-ring (bicyclic) bond motifs is 1. The Balaban J connectivity index is 1.60. The minimum atomic E-state index is 0.727. The molecular weight excluding hydrogens is 364 g/mol. The Kier molecular flexibility index (Phi) is 4.49. The quantitative estimate of drug-likeness (QED) is 0.359. The van der Waals surface area contributed by atoms with Crippen LogP contribution in [-0.4, -0.2) is 15.8 Å². The smallest absolute Gasteiger partial charge is 0.204 e. The van der Waals surface area contributed by atoms with Crippen LogP contribution in [0, 0.1) is 13.8 Å². The highest BCUT2D eigenvalue weighted by molar-refractivity contribution is 7.22. The average molecular weight is 381 g/mol. The van der Waals surface area contributed by atoms with Crippen LogP contribution in [-0.2, 0) is 0 Å². The highest BCUT2D eigenvalue weighted by Gasteiger charge is 2.11. The molecule has 0 aliphatic rings. The second-order valence-corrected chi connectivity index (χ2v) is 7.41. The molecule has 6 heteroatoms. The normalized spacial score (nSPS) is 11.5. The highest BCUT2D eigenvalue weighted by atomic mass is 35.5. The van der Waals surface area contributed by atoms with Crippen LogP contribution in [0.4, 0.5) is 5.13 Å². The Morgan fingerprint density at radius 3 is 2.69 bits per heavy atom. The summed E-state index contributed by atoms with van der Waals surface area (Å²) in [6.07, 6.45) is 1.82. The van der Waals surface area contributed by atoms with E-state index in [1.54, 1.807) is 11.3 Å². The summed E-state index contributed by atoms with van der Waals surface area (Å²) in [5.41, 5.74) is 8.22. The number of hydrogen-bond acceptors (Lipinski definition) is 4. The zero-order valence-electron chi connectivity index (χ0n) is 14.4. The van der Waals surface area contributed by atoms with Crippen molar-refractivity contribution in [3.05, 3.63) is 76.6 Å². The monoisotopic (exact) mass is 380 g/mol. The van der Waals surface area contributed by atoms with Gasteiger partial charge in [0.1, 0.15) is 0 Å². The largest absolute Gasteiger partial charge is 0.316 e. The van der Waals surface area contributed by atoms with Gasteiger partial charge >= 0.3 is 0 Å². The first-order valence-corrected chi connectivity index (χ1v) is 9.41. The zero-order chi connectivity index (χ0) is 18.1. The fourth-order valence-corrected chi connectivity index (χ4v) is 4.03. The minimum absolute atomic E-state index is 0.727. The number of aryl methyl sites for hydroxylation is 1. The summed E-state index contributed by atoms with van der Waals surface area (Å²) >= 11 is 7.95. The Labute approximate surface area is 160 Å². The first-order chi connectivity index (χ1) is 12.6. The summed E-state index contributed by atoms with van der Waals surface area (Å²) in [5, 5.41) is 5.87. The van der Waals surface area contributed by atoms with Crippen LogP contribution in [0.2, 0.25) is 5.02 Å². The van der Waals surface area contributed by atoms with Gasteiger partial charge in [-0.05, 0) is 44.2 Å². The van der Waals surface area contributed by atoms with Crippen LogP contribution in [0.1, 0.15) is 17.0 Å². The van der Waals surface area contributed by atoms with Gasteiger partial charge in [0.2, 0.25) is 5.13 Å². The number of rotatable bonds is 4. The number of nitrogens with one attached hydrogen (secondary N) is 1. The molecule has 4 nitrogen and oxygen atoms in total. The number of nitrogens with zero attached hydrogens (tertiary/aromatic N) is 3. The molecule has 0 bridgehead atoms. The molecule has 2 heterocycles. The summed E-state index contributed by atoms with van der Waals surface area (Å²) in [6.45, 7) is 4.13. The van der Waals surface area contributed by atoms with E-state index in [2.05, 4.69) is 46.1 Å². The van der Waals surface area contributed by atoms with Crippen molar-refractivity contribution in [2.24, 2.45) is 5.10 Å². The van der Waals surface area contributed by atoms with E-state index in [-0.39, 0.29) is 0 Å². The van der Waals surface area contributed by atoms with E-state index >= 15 is 0 Å². The van der Waals surface area contributed by atoms with Crippen LogP contribution in [0.25, 0.3) is 15.9 Å². The van der Waals surface area contributed by atoms with Crippen LogP contribution < -0.4 is 5.43 Å². The molecule has 0 spiro atoms. The van der Waals surface area contributed by atoms with E-state index in [9.17, 15) is 0 Å². The molecule has 4 aromatic rings. The van der Waals surface area contributed by atoms with Crippen molar-refractivity contribution in [1.82, 2.24) is 9.55 Å². The molecule has 0 radical (unpaired) electrons. The van der Waals surface area contributed by atoms with Gasteiger partial charge in [0.05, 0.1) is 27.1 Å². The molecule has 2 aromatic heterocycles. The van der Waals surface area contributed by atoms with Gasteiger partial charge in [-0.3, -0.25) is 5.43 Å². The van der Waals surface area contributed by atoms with Gasteiger partial charge in [-0.2, -0.15) is 5.10 Å². The number of thiazole rings is 1. The first-order valence-electron chi connectivity index (χ1n) is 8.22. The van der Waals surface area contributed by atoms with Crippen molar-refractivity contribution in [2.75, 3.05) is 5.43 Å². The molecule has 1 N–H and O–H groups in total. The predicted molar refractivity (Wildman–Crippen MR) is 111 cm³/mol. The van der Waals surface area contributed by atoms with Gasteiger partial charge < -0.3 is 4.57 Å². The Morgan fingerprint density at radius 2 is 1.88 bits per heavy atom. The summed E-state index contributed by atoms with van der Waals surface area (Å²) < 4.78 is 3.28. The molecule has 26 heavy (non-hydrogen) atoms. The molecule has 0 atom stereocenters. The number of hydrogen-bond donors (Lipinski definition) is 1. The van der Waals surface area contributed by atoms with E-state index in [1.165, 1.54) is 0 Å². The van der Waals surface area contributed by atoms with Crippen molar-refractivity contribution in [3.8, 4) is 5.69 Å². The number of hydrazone groups is 1. The molecular formula is C20H17ClN4S. The molecule has 0 aliphatic carbocycles. The van der Waals surface area contributed by atoms with E-state index in [1.807, 2.05) is 48.7 Å². The third-order valence-electron chi connectivity index (χ3n) is 4.22. The van der Waals surface area contributed by atoms with Crippen molar-refractivity contribution >= 4 is 44.5 Å². The Morgan fingerprint density at radius 1 is 1.12 bits per heavy atom. The molecule has 4 rings (SSSR count). The van der Waals surface area contributed by atoms with Crippen LogP contribution in [0.5, 0.6) is 0 Å². The molecule has 0 amide bonds. The van der Waals surface area contributed by atoms with Gasteiger partial charge in [0.15, 0.2) is 0 Å². The zero-order valence-corrected chi connectivity index (χ0v) is 16.0. The van der Waals surface area contributed by atoms with Crippen molar-refractivity contribution in [3.63, 3.8) is 0 Å². The van der Waals surface area contributed by atoms with Crippen molar-refractivity contribution < 1.29 is 0 Å².